The number of ether oxygens (including phenoxy) is 1. The van der Waals surface area contributed by atoms with E-state index < -0.39 is 23.6 Å². The molecule has 150 valence electrons. The fraction of sp³-hybridized carbons (Fsp3) is 0.300. The van der Waals surface area contributed by atoms with Gasteiger partial charge in [0.25, 0.3) is 5.91 Å². The number of hydrogen-bond donors (Lipinski definition) is 2. The molecular weight excluding hydrogens is 375 g/mol. The predicted octanol–water partition coefficient (Wildman–Crippen LogP) is 4.76. The van der Waals surface area contributed by atoms with Crippen LogP contribution in [-0.4, -0.2) is 23.6 Å². The number of carboxylic acid groups (broad SMARTS) is 1. The summed E-state index contributed by atoms with van der Waals surface area (Å²) < 4.78 is 43.5. The standard InChI is InChI=1S/C20H20F3NO4/c1-2-11-28-17-9-3-13(4-10-18(25)26)12-16(17)24-19(27)14-5-7-15(8-6-14)20(21,22)23/h3,5-9,12H,2,4,10-11H2,1H3,(H,24,27)(H,25,26). The molecule has 2 rings (SSSR count). The fourth-order valence-corrected chi connectivity index (χ4v) is 2.42. The molecule has 0 heterocycles. The van der Waals surface area contributed by atoms with Crippen LogP contribution in [0.5, 0.6) is 5.75 Å². The van der Waals surface area contributed by atoms with Gasteiger partial charge >= 0.3 is 12.1 Å². The van der Waals surface area contributed by atoms with Gasteiger partial charge in [-0.2, -0.15) is 13.2 Å². The molecule has 0 aromatic heterocycles. The summed E-state index contributed by atoms with van der Waals surface area (Å²) in [6.07, 6.45) is -3.53. The molecular formula is C20H20F3NO4. The van der Waals surface area contributed by atoms with Crippen LogP contribution in [0.4, 0.5) is 18.9 Å². The number of rotatable bonds is 8. The maximum absolute atomic E-state index is 12.7. The monoisotopic (exact) mass is 395 g/mol. The SMILES string of the molecule is CCCOc1ccc(CCC(=O)O)cc1NC(=O)c1ccc(C(F)(F)F)cc1. The second-order valence-electron chi connectivity index (χ2n) is 6.10. The number of aliphatic carboxylic acids is 1. The maximum atomic E-state index is 12.7. The van der Waals surface area contributed by atoms with E-state index in [0.717, 1.165) is 30.7 Å². The van der Waals surface area contributed by atoms with Crippen LogP contribution >= 0.6 is 0 Å². The Hall–Kier alpha value is -3.03. The van der Waals surface area contributed by atoms with Crippen LogP contribution in [-0.2, 0) is 17.4 Å². The molecule has 0 aliphatic heterocycles. The average molecular weight is 395 g/mol. The lowest BCUT2D eigenvalue weighted by Gasteiger charge is -2.14. The molecule has 28 heavy (non-hydrogen) atoms. The number of nitrogens with one attached hydrogen (secondary N) is 1. The third kappa shape index (κ3) is 6.00. The van der Waals surface area contributed by atoms with E-state index in [0.29, 0.717) is 23.6 Å². The van der Waals surface area contributed by atoms with Gasteiger partial charge in [-0.3, -0.25) is 9.59 Å². The Morgan fingerprint density at radius 3 is 2.36 bits per heavy atom. The van der Waals surface area contributed by atoms with E-state index in [1.807, 2.05) is 6.92 Å². The van der Waals surface area contributed by atoms with Crippen LogP contribution in [0.1, 0.15) is 41.3 Å². The quantitative estimate of drug-likeness (QED) is 0.676. The van der Waals surface area contributed by atoms with Gasteiger partial charge in [0.15, 0.2) is 0 Å². The van der Waals surface area contributed by atoms with Gasteiger partial charge in [0, 0.05) is 12.0 Å². The van der Waals surface area contributed by atoms with Crippen LogP contribution in [0.25, 0.3) is 0 Å². The minimum absolute atomic E-state index is 0.0605. The number of amides is 1. The highest BCUT2D eigenvalue weighted by Crippen LogP contribution is 2.30. The maximum Gasteiger partial charge on any atom is 0.416 e. The van der Waals surface area contributed by atoms with E-state index in [4.69, 9.17) is 9.84 Å². The zero-order valence-electron chi connectivity index (χ0n) is 15.2. The Kier molecular flexibility index (Phi) is 7.03. The van der Waals surface area contributed by atoms with Gasteiger partial charge in [-0.25, -0.2) is 0 Å². The van der Waals surface area contributed by atoms with Gasteiger partial charge < -0.3 is 15.2 Å². The van der Waals surface area contributed by atoms with Crippen LogP contribution in [0.3, 0.4) is 0 Å². The molecule has 0 atom stereocenters. The summed E-state index contributed by atoms with van der Waals surface area (Å²) in [5, 5.41) is 11.4. The van der Waals surface area contributed by atoms with Gasteiger partial charge in [0.05, 0.1) is 17.9 Å². The number of carboxylic acids is 1. The number of carbonyl (C=O) groups is 2. The molecule has 0 saturated heterocycles. The highest BCUT2D eigenvalue weighted by atomic mass is 19.4. The van der Waals surface area contributed by atoms with Crippen molar-refractivity contribution in [2.45, 2.75) is 32.4 Å². The molecule has 2 aromatic carbocycles. The molecule has 0 spiro atoms. The molecule has 2 aromatic rings. The minimum atomic E-state index is -4.48. The summed E-state index contributed by atoms with van der Waals surface area (Å²) in [5.41, 5.74) is 0.243. The van der Waals surface area contributed by atoms with Crippen molar-refractivity contribution in [1.82, 2.24) is 0 Å². The van der Waals surface area contributed by atoms with Crippen LogP contribution in [0.2, 0.25) is 0 Å². The highest BCUT2D eigenvalue weighted by molar-refractivity contribution is 6.05. The fourth-order valence-electron chi connectivity index (χ4n) is 2.42. The molecule has 8 heteroatoms. The van der Waals surface area contributed by atoms with Crippen molar-refractivity contribution in [3.8, 4) is 5.75 Å². The third-order valence-electron chi connectivity index (χ3n) is 3.86. The summed E-state index contributed by atoms with van der Waals surface area (Å²) in [6, 6.07) is 8.82. The van der Waals surface area contributed by atoms with Crippen molar-refractivity contribution in [3.63, 3.8) is 0 Å². The van der Waals surface area contributed by atoms with Crippen molar-refractivity contribution in [3.05, 3.63) is 59.2 Å². The Labute approximate surface area is 160 Å². The molecule has 0 aliphatic rings. The first-order valence-corrected chi connectivity index (χ1v) is 8.67. The predicted molar refractivity (Wildman–Crippen MR) is 97.6 cm³/mol. The van der Waals surface area contributed by atoms with Crippen molar-refractivity contribution < 1.29 is 32.6 Å². The topological polar surface area (TPSA) is 75.6 Å². The number of halogens is 3. The number of benzene rings is 2. The van der Waals surface area contributed by atoms with Crippen molar-refractivity contribution >= 4 is 17.6 Å². The first kappa shape index (κ1) is 21.3. The van der Waals surface area contributed by atoms with E-state index in [-0.39, 0.29) is 18.4 Å². The van der Waals surface area contributed by atoms with Gasteiger partial charge in [-0.05, 0) is 54.8 Å². The Balaban J connectivity index is 2.22. The van der Waals surface area contributed by atoms with E-state index in [9.17, 15) is 22.8 Å². The molecule has 0 unspecified atom stereocenters. The lowest BCUT2D eigenvalue weighted by molar-refractivity contribution is -0.138. The Morgan fingerprint density at radius 2 is 1.79 bits per heavy atom. The number of hydrogen-bond acceptors (Lipinski definition) is 3. The van der Waals surface area contributed by atoms with Gasteiger partial charge in [0.2, 0.25) is 0 Å². The third-order valence-corrected chi connectivity index (χ3v) is 3.86. The van der Waals surface area contributed by atoms with Gasteiger partial charge in [-0.15, -0.1) is 0 Å². The highest BCUT2D eigenvalue weighted by Gasteiger charge is 2.30. The second-order valence-corrected chi connectivity index (χ2v) is 6.10. The number of aryl methyl sites for hydroxylation is 1. The molecule has 5 nitrogen and oxygen atoms in total. The molecule has 1 amide bonds. The van der Waals surface area contributed by atoms with Gasteiger partial charge in [-0.1, -0.05) is 13.0 Å². The van der Waals surface area contributed by atoms with Gasteiger partial charge in [0.1, 0.15) is 5.75 Å². The van der Waals surface area contributed by atoms with E-state index >= 15 is 0 Å². The molecule has 0 aliphatic carbocycles. The normalized spacial score (nSPS) is 11.1. The summed E-state index contributed by atoms with van der Waals surface area (Å²) in [6.45, 7) is 2.33. The zero-order valence-corrected chi connectivity index (χ0v) is 15.2. The molecule has 0 saturated carbocycles. The average Bonchev–Trinajstić information content (AvgIpc) is 2.65. The summed E-state index contributed by atoms with van der Waals surface area (Å²) >= 11 is 0. The van der Waals surface area contributed by atoms with Crippen LogP contribution in [0.15, 0.2) is 42.5 Å². The lowest BCUT2D eigenvalue weighted by Crippen LogP contribution is -2.14. The smallest absolute Gasteiger partial charge is 0.416 e. The molecule has 0 bridgehead atoms. The Morgan fingerprint density at radius 1 is 1.11 bits per heavy atom. The van der Waals surface area contributed by atoms with Crippen LogP contribution in [0, 0.1) is 0 Å². The van der Waals surface area contributed by atoms with Crippen molar-refractivity contribution in [1.29, 1.82) is 0 Å². The number of anilines is 1. The summed E-state index contributed by atoms with van der Waals surface area (Å²) in [5.74, 6) is -1.13. The second kappa shape index (κ2) is 9.25. The largest absolute Gasteiger partial charge is 0.491 e. The number of alkyl halides is 3. The zero-order chi connectivity index (χ0) is 20.7. The Bertz CT molecular complexity index is 832. The molecule has 2 N–H and O–H groups in total. The lowest BCUT2D eigenvalue weighted by atomic mass is 10.1. The summed E-state index contributed by atoms with van der Waals surface area (Å²) in [4.78, 5) is 23.2. The first-order valence-electron chi connectivity index (χ1n) is 8.67. The van der Waals surface area contributed by atoms with E-state index in [2.05, 4.69) is 5.32 Å². The van der Waals surface area contributed by atoms with Crippen LogP contribution < -0.4 is 10.1 Å². The van der Waals surface area contributed by atoms with E-state index in [1.54, 1.807) is 18.2 Å². The number of carbonyl (C=O) groups excluding carboxylic acids is 1. The molecule has 0 radical (unpaired) electrons. The van der Waals surface area contributed by atoms with E-state index in [1.165, 1.54) is 0 Å². The van der Waals surface area contributed by atoms with Crippen molar-refractivity contribution in [2.75, 3.05) is 11.9 Å². The van der Waals surface area contributed by atoms with Crippen molar-refractivity contribution in [2.24, 2.45) is 0 Å². The first-order chi connectivity index (χ1) is 13.2. The molecule has 0 fully saturated rings. The summed E-state index contributed by atoms with van der Waals surface area (Å²) in [7, 11) is 0. The minimum Gasteiger partial charge on any atom is -0.491 e.